The fraction of sp³-hybridized carbons (Fsp3) is 0.217. The van der Waals surface area contributed by atoms with E-state index in [1.807, 2.05) is 55.5 Å². The van der Waals surface area contributed by atoms with Crippen molar-refractivity contribution in [3.63, 3.8) is 0 Å². The van der Waals surface area contributed by atoms with Crippen LogP contribution in [0.25, 0.3) is 21.8 Å². The highest BCUT2D eigenvalue weighted by Gasteiger charge is 2.11. The summed E-state index contributed by atoms with van der Waals surface area (Å²) in [4.78, 5) is 16.3. The largest absolute Gasteiger partial charge is 0.491 e. The lowest BCUT2D eigenvalue weighted by Gasteiger charge is -2.12. The second-order valence-electron chi connectivity index (χ2n) is 6.62. The molecule has 142 valence electrons. The number of nitrogens with one attached hydrogen (secondary N) is 1. The molecular formula is C23H23N3O2. The van der Waals surface area contributed by atoms with E-state index in [0.717, 1.165) is 33.4 Å². The first kappa shape index (κ1) is 18.0. The molecule has 0 saturated heterocycles. The Balaban J connectivity index is 1.54. The van der Waals surface area contributed by atoms with Crippen LogP contribution >= 0.6 is 0 Å². The normalized spacial score (nSPS) is 11.0. The predicted molar refractivity (Wildman–Crippen MR) is 111 cm³/mol. The summed E-state index contributed by atoms with van der Waals surface area (Å²) >= 11 is 0. The van der Waals surface area contributed by atoms with Crippen molar-refractivity contribution in [3.8, 4) is 5.75 Å². The van der Waals surface area contributed by atoms with Gasteiger partial charge in [-0.05, 0) is 23.6 Å². The molecule has 0 aliphatic rings. The van der Waals surface area contributed by atoms with Crippen LogP contribution in [0.1, 0.15) is 19.2 Å². The topological polar surface area (TPSA) is 56.2 Å². The van der Waals surface area contributed by atoms with Crippen LogP contribution in [-0.4, -0.2) is 22.1 Å². The van der Waals surface area contributed by atoms with Gasteiger partial charge in [-0.15, -0.1) is 0 Å². The van der Waals surface area contributed by atoms with E-state index < -0.39 is 0 Å². The molecule has 5 heteroatoms. The van der Waals surface area contributed by atoms with E-state index in [2.05, 4.69) is 33.1 Å². The molecule has 5 nitrogen and oxygen atoms in total. The second kappa shape index (κ2) is 8.13. The Kier molecular flexibility index (Phi) is 5.24. The minimum Gasteiger partial charge on any atom is -0.491 e. The fourth-order valence-electron chi connectivity index (χ4n) is 3.38. The van der Waals surface area contributed by atoms with Gasteiger partial charge in [-0.3, -0.25) is 4.79 Å². The number of benzene rings is 3. The van der Waals surface area contributed by atoms with Gasteiger partial charge < -0.3 is 14.6 Å². The zero-order valence-corrected chi connectivity index (χ0v) is 15.9. The quantitative estimate of drug-likeness (QED) is 0.526. The number of fused-ring (bicyclic) bond motifs is 2. The van der Waals surface area contributed by atoms with Crippen LogP contribution in [-0.2, 0) is 17.9 Å². The Morgan fingerprint density at radius 3 is 2.71 bits per heavy atom. The molecule has 0 atom stereocenters. The Labute approximate surface area is 164 Å². The number of hydrogen-bond donors (Lipinski definition) is 1. The van der Waals surface area contributed by atoms with Crippen molar-refractivity contribution in [2.45, 2.75) is 26.4 Å². The lowest BCUT2D eigenvalue weighted by atomic mass is 10.1. The number of nitrogens with zero attached hydrogens (tertiary/aromatic N) is 2. The third kappa shape index (κ3) is 3.69. The van der Waals surface area contributed by atoms with Crippen LogP contribution in [0.4, 0.5) is 0 Å². The molecule has 0 unspecified atom stereocenters. The third-order valence-electron chi connectivity index (χ3n) is 4.82. The average Bonchev–Trinajstić information content (AvgIpc) is 3.10. The maximum Gasteiger partial charge on any atom is 0.220 e. The molecule has 0 saturated carbocycles. The zero-order chi connectivity index (χ0) is 19.3. The smallest absolute Gasteiger partial charge is 0.220 e. The van der Waals surface area contributed by atoms with Gasteiger partial charge in [0.1, 0.15) is 18.2 Å². The molecule has 0 aliphatic carbocycles. The number of rotatable bonds is 7. The molecule has 1 N–H and O–H groups in total. The van der Waals surface area contributed by atoms with Gasteiger partial charge in [0.25, 0.3) is 0 Å². The molecule has 0 fully saturated rings. The van der Waals surface area contributed by atoms with Crippen LogP contribution in [0.15, 0.2) is 66.7 Å². The van der Waals surface area contributed by atoms with Gasteiger partial charge in [0, 0.05) is 11.8 Å². The minimum atomic E-state index is 0.0191. The molecule has 28 heavy (non-hydrogen) atoms. The van der Waals surface area contributed by atoms with Crippen LogP contribution in [0.2, 0.25) is 0 Å². The van der Waals surface area contributed by atoms with Gasteiger partial charge in [-0.25, -0.2) is 4.98 Å². The van der Waals surface area contributed by atoms with E-state index in [9.17, 15) is 4.79 Å². The Hall–Kier alpha value is -3.34. The highest BCUT2D eigenvalue weighted by atomic mass is 16.5. The zero-order valence-electron chi connectivity index (χ0n) is 15.9. The number of hydrogen-bond acceptors (Lipinski definition) is 3. The lowest BCUT2D eigenvalue weighted by molar-refractivity contribution is -0.120. The van der Waals surface area contributed by atoms with Crippen molar-refractivity contribution in [1.82, 2.24) is 14.9 Å². The van der Waals surface area contributed by atoms with E-state index in [1.54, 1.807) is 0 Å². The first-order valence-corrected chi connectivity index (χ1v) is 9.57. The van der Waals surface area contributed by atoms with Gasteiger partial charge in [0.2, 0.25) is 5.91 Å². The molecule has 1 heterocycles. The number of aromatic nitrogens is 2. The average molecular weight is 373 g/mol. The van der Waals surface area contributed by atoms with Crippen molar-refractivity contribution in [3.05, 3.63) is 72.6 Å². The highest BCUT2D eigenvalue weighted by molar-refractivity contribution is 5.88. The predicted octanol–water partition coefficient (Wildman–Crippen LogP) is 4.29. The minimum absolute atomic E-state index is 0.0191. The summed E-state index contributed by atoms with van der Waals surface area (Å²) in [5, 5.41) is 5.19. The summed E-state index contributed by atoms with van der Waals surface area (Å²) in [6.45, 7) is 3.43. The standard InChI is InChI=1S/C23H23N3O2/c1-2-23(27)24-16-22-25-19-11-5-6-12-20(19)26(22)14-15-28-21-13-7-9-17-8-3-4-10-18(17)21/h3-13H,2,14-16H2,1H3,(H,24,27). The highest BCUT2D eigenvalue weighted by Crippen LogP contribution is 2.25. The van der Waals surface area contributed by atoms with Gasteiger partial charge in [-0.2, -0.15) is 0 Å². The number of amides is 1. The maximum absolute atomic E-state index is 11.7. The number of carbonyl (C=O) groups excluding carboxylic acids is 1. The van der Waals surface area contributed by atoms with Crippen molar-refractivity contribution in [2.24, 2.45) is 0 Å². The Bertz CT molecular complexity index is 1110. The van der Waals surface area contributed by atoms with Crippen LogP contribution in [0, 0.1) is 0 Å². The Morgan fingerprint density at radius 2 is 1.82 bits per heavy atom. The number of imidazole rings is 1. The molecule has 0 bridgehead atoms. The van der Waals surface area contributed by atoms with Gasteiger partial charge in [0.15, 0.2) is 0 Å². The number of para-hydroxylation sites is 2. The van der Waals surface area contributed by atoms with Crippen molar-refractivity contribution >= 4 is 27.7 Å². The Morgan fingerprint density at radius 1 is 1.04 bits per heavy atom. The van der Waals surface area contributed by atoms with Crippen molar-refractivity contribution < 1.29 is 9.53 Å². The molecule has 4 aromatic rings. The van der Waals surface area contributed by atoms with E-state index in [-0.39, 0.29) is 5.91 Å². The van der Waals surface area contributed by atoms with Crippen LogP contribution < -0.4 is 10.1 Å². The van der Waals surface area contributed by atoms with Gasteiger partial charge in [-0.1, -0.05) is 55.5 Å². The molecule has 0 spiro atoms. The number of ether oxygens (including phenoxy) is 1. The van der Waals surface area contributed by atoms with E-state index >= 15 is 0 Å². The fourth-order valence-corrected chi connectivity index (χ4v) is 3.38. The van der Waals surface area contributed by atoms with Gasteiger partial charge in [0.05, 0.1) is 24.1 Å². The molecule has 1 amide bonds. The lowest BCUT2D eigenvalue weighted by Crippen LogP contribution is -2.24. The maximum atomic E-state index is 11.7. The van der Waals surface area contributed by atoms with Crippen LogP contribution in [0.5, 0.6) is 5.75 Å². The monoisotopic (exact) mass is 373 g/mol. The van der Waals surface area contributed by atoms with Crippen molar-refractivity contribution in [1.29, 1.82) is 0 Å². The summed E-state index contributed by atoms with van der Waals surface area (Å²) in [7, 11) is 0. The molecule has 1 aromatic heterocycles. The summed E-state index contributed by atoms with van der Waals surface area (Å²) < 4.78 is 8.23. The molecule has 3 aromatic carbocycles. The van der Waals surface area contributed by atoms with E-state index in [0.29, 0.717) is 26.1 Å². The molecular weight excluding hydrogens is 350 g/mol. The van der Waals surface area contributed by atoms with Crippen molar-refractivity contribution in [2.75, 3.05) is 6.61 Å². The summed E-state index contributed by atoms with van der Waals surface area (Å²) in [5.74, 6) is 1.73. The molecule has 4 rings (SSSR count). The van der Waals surface area contributed by atoms with E-state index in [1.165, 1.54) is 0 Å². The molecule has 0 radical (unpaired) electrons. The second-order valence-corrected chi connectivity index (χ2v) is 6.62. The molecule has 0 aliphatic heterocycles. The summed E-state index contributed by atoms with van der Waals surface area (Å²) in [5.41, 5.74) is 1.97. The van der Waals surface area contributed by atoms with E-state index in [4.69, 9.17) is 4.74 Å². The van der Waals surface area contributed by atoms with Crippen LogP contribution in [0.3, 0.4) is 0 Å². The first-order chi connectivity index (χ1) is 13.8. The van der Waals surface area contributed by atoms with Gasteiger partial charge >= 0.3 is 0 Å². The number of carbonyl (C=O) groups is 1. The SMILES string of the molecule is CCC(=O)NCc1nc2ccccc2n1CCOc1cccc2ccccc12. The third-order valence-corrected chi connectivity index (χ3v) is 4.82. The summed E-state index contributed by atoms with van der Waals surface area (Å²) in [6, 6.07) is 22.3. The summed E-state index contributed by atoms with van der Waals surface area (Å²) in [6.07, 6.45) is 0.463. The first-order valence-electron chi connectivity index (χ1n) is 9.57.